The van der Waals surface area contributed by atoms with E-state index in [0.29, 0.717) is 33.9 Å². The van der Waals surface area contributed by atoms with Crippen molar-refractivity contribution >= 4 is 28.3 Å². The summed E-state index contributed by atoms with van der Waals surface area (Å²) in [6, 6.07) is 9.34. The van der Waals surface area contributed by atoms with Gasteiger partial charge in [0.2, 0.25) is 0 Å². The Morgan fingerprint density at radius 3 is 2.68 bits per heavy atom. The molecule has 0 amide bonds. The molecule has 9 heteroatoms. The molecule has 4 aromatic rings. The summed E-state index contributed by atoms with van der Waals surface area (Å²) in [5, 5.41) is 5.37. The number of piperazine rings is 1. The van der Waals surface area contributed by atoms with Crippen molar-refractivity contribution in [2.24, 2.45) is 0 Å². The number of halogens is 1. The zero-order chi connectivity index (χ0) is 21.4. The van der Waals surface area contributed by atoms with Gasteiger partial charge in [-0.1, -0.05) is 29.8 Å². The molecule has 160 valence electrons. The van der Waals surface area contributed by atoms with Crippen LogP contribution in [0.5, 0.6) is 0 Å². The van der Waals surface area contributed by atoms with Crippen molar-refractivity contribution < 1.29 is 0 Å². The highest BCUT2D eigenvalue weighted by Gasteiger charge is 2.19. The van der Waals surface area contributed by atoms with Crippen LogP contribution in [0.25, 0.3) is 27.9 Å². The number of rotatable bonds is 5. The molecule has 0 saturated carbocycles. The Kier molecular flexibility index (Phi) is 5.43. The molecule has 0 spiro atoms. The largest absolute Gasteiger partial charge is 0.315 e. The van der Waals surface area contributed by atoms with E-state index >= 15 is 0 Å². The van der Waals surface area contributed by atoms with Gasteiger partial charge in [0, 0.05) is 49.5 Å². The fraction of sp³-hybridized carbons (Fsp3) is 0.364. The smallest absolute Gasteiger partial charge is 0.262 e. The standard InChI is InChI=1S/C22H24ClN7O/c1-27-11-13-28(14-12-27)8-4-9-29-10-7-18-19(21(29)31)20(16-5-2-3-6-17(16)23)30-22(26-18)24-15-25-30/h2-3,5-7,10,15H,4,8-9,11-14H2,1H3. The maximum absolute atomic E-state index is 13.5. The predicted octanol–water partition coefficient (Wildman–Crippen LogP) is 2.40. The SMILES string of the molecule is CN1CCN(CCCn2ccc3nc4ncnn4c(-c4ccccc4Cl)c3c2=O)CC1. The molecule has 1 aliphatic rings. The van der Waals surface area contributed by atoms with Crippen LogP contribution in [0.1, 0.15) is 6.42 Å². The second-order valence-electron chi connectivity index (χ2n) is 7.99. The van der Waals surface area contributed by atoms with Gasteiger partial charge in [-0.2, -0.15) is 14.6 Å². The van der Waals surface area contributed by atoms with Crippen molar-refractivity contribution in [1.82, 2.24) is 33.9 Å². The molecular formula is C22H24ClN7O. The van der Waals surface area contributed by atoms with Gasteiger partial charge < -0.3 is 14.4 Å². The number of nitrogens with zero attached hydrogens (tertiary/aromatic N) is 7. The normalized spacial score (nSPS) is 15.8. The summed E-state index contributed by atoms with van der Waals surface area (Å²) in [6.07, 6.45) is 4.18. The maximum atomic E-state index is 13.5. The van der Waals surface area contributed by atoms with Crippen LogP contribution in [0.4, 0.5) is 0 Å². The first-order chi connectivity index (χ1) is 15.1. The van der Waals surface area contributed by atoms with Gasteiger partial charge in [-0.3, -0.25) is 4.79 Å². The Labute approximate surface area is 184 Å². The summed E-state index contributed by atoms with van der Waals surface area (Å²) in [4.78, 5) is 27.1. The number of benzene rings is 1. The van der Waals surface area contributed by atoms with Crippen LogP contribution in [0.3, 0.4) is 0 Å². The minimum Gasteiger partial charge on any atom is -0.315 e. The van der Waals surface area contributed by atoms with Crippen LogP contribution < -0.4 is 5.56 Å². The first kappa shape index (κ1) is 20.1. The van der Waals surface area contributed by atoms with E-state index in [1.54, 1.807) is 9.08 Å². The number of aryl methyl sites for hydroxylation is 1. The monoisotopic (exact) mass is 437 g/mol. The lowest BCUT2D eigenvalue weighted by Gasteiger charge is -2.32. The molecule has 3 aromatic heterocycles. The lowest BCUT2D eigenvalue weighted by molar-refractivity contribution is 0.151. The van der Waals surface area contributed by atoms with E-state index in [2.05, 4.69) is 31.9 Å². The van der Waals surface area contributed by atoms with Crippen molar-refractivity contribution in [2.75, 3.05) is 39.8 Å². The Bertz CT molecular complexity index is 1290. The average Bonchev–Trinajstić information content (AvgIpc) is 3.24. The van der Waals surface area contributed by atoms with Crippen molar-refractivity contribution in [3.05, 3.63) is 58.2 Å². The molecule has 1 aliphatic heterocycles. The molecule has 0 unspecified atom stereocenters. The maximum Gasteiger partial charge on any atom is 0.262 e. The predicted molar refractivity (Wildman–Crippen MR) is 122 cm³/mol. The van der Waals surface area contributed by atoms with Gasteiger partial charge in [0.25, 0.3) is 11.3 Å². The molecular weight excluding hydrogens is 414 g/mol. The van der Waals surface area contributed by atoms with Gasteiger partial charge in [-0.25, -0.2) is 4.98 Å². The van der Waals surface area contributed by atoms with Gasteiger partial charge in [-0.05, 0) is 32.1 Å². The molecule has 1 saturated heterocycles. The fourth-order valence-electron chi connectivity index (χ4n) is 4.18. The summed E-state index contributed by atoms with van der Waals surface area (Å²) in [5.74, 6) is 0.439. The Morgan fingerprint density at radius 1 is 1.06 bits per heavy atom. The third-order valence-corrected chi connectivity index (χ3v) is 6.27. The lowest BCUT2D eigenvalue weighted by atomic mass is 10.1. The summed E-state index contributed by atoms with van der Waals surface area (Å²) < 4.78 is 3.36. The van der Waals surface area contributed by atoms with Crippen molar-refractivity contribution in [2.45, 2.75) is 13.0 Å². The topological polar surface area (TPSA) is 71.6 Å². The molecule has 0 atom stereocenters. The second kappa shape index (κ2) is 8.37. The van der Waals surface area contributed by atoms with Crippen LogP contribution in [0.15, 0.2) is 47.7 Å². The van der Waals surface area contributed by atoms with E-state index < -0.39 is 0 Å². The van der Waals surface area contributed by atoms with Crippen LogP contribution in [0, 0.1) is 0 Å². The molecule has 5 rings (SSSR count). The average molecular weight is 438 g/mol. The van der Waals surface area contributed by atoms with Gasteiger partial charge in [0.15, 0.2) is 0 Å². The van der Waals surface area contributed by atoms with Crippen molar-refractivity contribution in [1.29, 1.82) is 0 Å². The Balaban J connectivity index is 1.53. The van der Waals surface area contributed by atoms with Crippen molar-refractivity contribution in [3.63, 3.8) is 0 Å². The summed E-state index contributed by atoms with van der Waals surface area (Å²) in [5.41, 5.74) is 1.87. The fourth-order valence-corrected chi connectivity index (χ4v) is 4.40. The molecule has 31 heavy (non-hydrogen) atoms. The lowest BCUT2D eigenvalue weighted by Crippen LogP contribution is -2.44. The first-order valence-corrected chi connectivity index (χ1v) is 10.9. The molecule has 4 heterocycles. The Morgan fingerprint density at radius 2 is 1.87 bits per heavy atom. The van der Waals surface area contributed by atoms with Crippen LogP contribution in [-0.2, 0) is 6.54 Å². The van der Waals surface area contributed by atoms with Gasteiger partial charge in [0.1, 0.15) is 6.33 Å². The quantitative estimate of drug-likeness (QED) is 0.477. The highest BCUT2D eigenvalue weighted by molar-refractivity contribution is 6.33. The van der Waals surface area contributed by atoms with E-state index in [4.69, 9.17) is 11.6 Å². The van der Waals surface area contributed by atoms with E-state index in [1.807, 2.05) is 36.5 Å². The van der Waals surface area contributed by atoms with Crippen LogP contribution in [-0.4, -0.2) is 73.7 Å². The van der Waals surface area contributed by atoms with Crippen LogP contribution in [0.2, 0.25) is 5.02 Å². The van der Waals surface area contributed by atoms with Crippen molar-refractivity contribution in [3.8, 4) is 11.3 Å². The van der Waals surface area contributed by atoms with E-state index in [-0.39, 0.29) is 5.56 Å². The number of aromatic nitrogens is 5. The third-order valence-electron chi connectivity index (χ3n) is 5.94. The van der Waals surface area contributed by atoms with E-state index in [0.717, 1.165) is 44.7 Å². The molecule has 0 aliphatic carbocycles. The molecule has 8 nitrogen and oxygen atoms in total. The minimum atomic E-state index is -0.0873. The number of pyridine rings is 1. The summed E-state index contributed by atoms with van der Waals surface area (Å²) in [6.45, 7) is 5.98. The van der Waals surface area contributed by atoms with Gasteiger partial charge >= 0.3 is 0 Å². The number of fused-ring (bicyclic) bond motifs is 2. The Hall–Kier alpha value is -2.81. The highest BCUT2D eigenvalue weighted by atomic mass is 35.5. The van der Waals surface area contributed by atoms with Crippen LogP contribution >= 0.6 is 11.6 Å². The van der Waals surface area contributed by atoms with E-state index in [9.17, 15) is 4.79 Å². The number of hydrogen-bond acceptors (Lipinski definition) is 6. The first-order valence-electron chi connectivity index (χ1n) is 10.5. The molecule has 0 radical (unpaired) electrons. The summed E-state index contributed by atoms with van der Waals surface area (Å²) in [7, 11) is 2.16. The molecule has 0 bridgehead atoms. The zero-order valence-electron chi connectivity index (χ0n) is 17.4. The summed E-state index contributed by atoms with van der Waals surface area (Å²) >= 11 is 6.50. The number of hydrogen-bond donors (Lipinski definition) is 0. The zero-order valence-corrected chi connectivity index (χ0v) is 18.2. The van der Waals surface area contributed by atoms with E-state index in [1.165, 1.54) is 6.33 Å². The molecule has 1 aromatic carbocycles. The van der Waals surface area contributed by atoms with Gasteiger partial charge in [-0.15, -0.1) is 0 Å². The second-order valence-corrected chi connectivity index (χ2v) is 8.39. The third kappa shape index (κ3) is 3.82. The minimum absolute atomic E-state index is 0.0873. The van der Waals surface area contributed by atoms with Gasteiger partial charge in [0.05, 0.1) is 16.6 Å². The number of likely N-dealkylation sites (N-methyl/N-ethyl adjacent to an activating group) is 1. The molecule has 1 fully saturated rings. The highest BCUT2D eigenvalue weighted by Crippen LogP contribution is 2.31. The molecule has 0 N–H and O–H groups in total.